The Balaban J connectivity index is 1.36. The summed E-state index contributed by atoms with van der Waals surface area (Å²) in [7, 11) is 0. The van der Waals surface area contributed by atoms with E-state index in [1.54, 1.807) is 12.4 Å². The maximum absolute atomic E-state index is 12.1. The lowest BCUT2D eigenvalue weighted by Gasteiger charge is -2.17. The molecule has 0 radical (unpaired) electrons. The Bertz CT molecular complexity index is 1600. The fourth-order valence-corrected chi connectivity index (χ4v) is 5.21. The number of carbonyl (C=O) groups excluding carboxylic acids is 1. The van der Waals surface area contributed by atoms with Crippen LogP contribution in [0.1, 0.15) is 36.8 Å². The van der Waals surface area contributed by atoms with E-state index in [4.69, 9.17) is 4.74 Å². The van der Waals surface area contributed by atoms with Crippen LogP contribution in [-0.4, -0.2) is 22.5 Å². The fourth-order valence-electron chi connectivity index (χ4n) is 5.21. The van der Waals surface area contributed by atoms with Gasteiger partial charge in [-0.15, -0.1) is 0 Å². The van der Waals surface area contributed by atoms with Gasteiger partial charge in [-0.3, -0.25) is 14.8 Å². The van der Waals surface area contributed by atoms with Crippen molar-refractivity contribution >= 4 is 38.3 Å². The molecule has 5 heteroatoms. The molecular weight excluding hydrogens is 446 g/mol. The smallest absolute Gasteiger partial charge is 0.305 e. The van der Waals surface area contributed by atoms with Crippen molar-refractivity contribution in [1.82, 2.24) is 9.97 Å². The quantitative estimate of drug-likeness (QED) is 0.159. The SMILES string of the molecule is CCOC(=O)CCC(c1ccncc1)c1ccc(-[n+]2cc3ccc4cncc5ccc(c2)c3c45)cc1. The number of pyridine rings is 3. The number of hydrogen-bond donors (Lipinski definition) is 0. The van der Waals surface area contributed by atoms with E-state index in [0.29, 0.717) is 19.4 Å². The lowest BCUT2D eigenvalue weighted by Crippen LogP contribution is -2.29. The number of ether oxygens (including phenoxy) is 1. The van der Waals surface area contributed by atoms with Crippen LogP contribution in [0, 0.1) is 0 Å². The molecule has 1 atom stereocenters. The van der Waals surface area contributed by atoms with Crippen LogP contribution < -0.4 is 4.57 Å². The third-order valence-corrected chi connectivity index (χ3v) is 6.92. The maximum Gasteiger partial charge on any atom is 0.305 e. The first-order valence-corrected chi connectivity index (χ1v) is 12.3. The molecule has 0 aliphatic heterocycles. The van der Waals surface area contributed by atoms with Gasteiger partial charge < -0.3 is 4.74 Å². The van der Waals surface area contributed by atoms with E-state index in [-0.39, 0.29) is 11.9 Å². The molecular formula is C31H26N3O2+. The first-order chi connectivity index (χ1) is 17.7. The molecule has 3 heterocycles. The number of rotatable bonds is 7. The van der Waals surface area contributed by atoms with Crippen LogP contribution in [0.2, 0.25) is 0 Å². The minimum atomic E-state index is -0.159. The molecule has 0 aliphatic rings. The molecule has 176 valence electrons. The minimum Gasteiger partial charge on any atom is -0.466 e. The normalized spacial score (nSPS) is 12.4. The average molecular weight is 473 g/mol. The van der Waals surface area contributed by atoms with E-state index in [0.717, 1.165) is 22.0 Å². The Labute approximate surface area is 209 Å². The van der Waals surface area contributed by atoms with Gasteiger partial charge in [0.25, 0.3) is 0 Å². The van der Waals surface area contributed by atoms with Gasteiger partial charge in [-0.1, -0.05) is 24.3 Å². The van der Waals surface area contributed by atoms with Gasteiger partial charge in [0, 0.05) is 81.6 Å². The number of carbonyl (C=O) groups is 1. The number of nitrogens with zero attached hydrogens (tertiary/aromatic N) is 3. The van der Waals surface area contributed by atoms with Crippen molar-refractivity contribution < 1.29 is 14.1 Å². The molecule has 0 amide bonds. The van der Waals surface area contributed by atoms with Crippen molar-refractivity contribution in [2.24, 2.45) is 0 Å². The molecule has 1 unspecified atom stereocenters. The highest BCUT2D eigenvalue weighted by Crippen LogP contribution is 2.33. The van der Waals surface area contributed by atoms with Crippen molar-refractivity contribution in [3.63, 3.8) is 0 Å². The molecule has 0 saturated heterocycles. The maximum atomic E-state index is 12.1. The van der Waals surface area contributed by atoms with E-state index in [2.05, 4.69) is 75.5 Å². The molecule has 3 aromatic carbocycles. The third kappa shape index (κ3) is 4.03. The monoisotopic (exact) mass is 472 g/mol. The zero-order valence-electron chi connectivity index (χ0n) is 20.1. The first kappa shape index (κ1) is 22.1. The van der Waals surface area contributed by atoms with Gasteiger partial charge in [0.2, 0.25) is 5.69 Å². The zero-order valence-corrected chi connectivity index (χ0v) is 20.1. The van der Waals surface area contributed by atoms with Crippen LogP contribution in [0.5, 0.6) is 0 Å². The molecule has 6 aromatic rings. The second-order valence-corrected chi connectivity index (χ2v) is 9.08. The summed E-state index contributed by atoms with van der Waals surface area (Å²) in [6.07, 6.45) is 12.9. The second-order valence-electron chi connectivity index (χ2n) is 9.08. The van der Waals surface area contributed by atoms with E-state index >= 15 is 0 Å². The highest BCUT2D eigenvalue weighted by Gasteiger charge is 2.19. The Morgan fingerprint density at radius 1 is 0.778 bits per heavy atom. The Kier molecular flexibility index (Phi) is 5.74. The summed E-state index contributed by atoms with van der Waals surface area (Å²) in [6, 6.07) is 21.3. The largest absolute Gasteiger partial charge is 0.466 e. The predicted octanol–water partition coefficient (Wildman–Crippen LogP) is 6.13. The molecule has 36 heavy (non-hydrogen) atoms. The van der Waals surface area contributed by atoms with E-state index in [1.165, 1.54) is 27.1 Å². The van der Waals surface area contributed by atoms with Gasteiger partial charge in [-0.05, 0) is 48.7 Å². The lowest BCUT2D eigenvalue weighted by atomic mass is 9.88. The summed E-state index contributed by atoms with van der Waals surface area (Å²) < 4.78 is 7.35. The van der Waals surface area contributed by atoms with Crippen LogP contribution in [-0.2, 0) is 9.53 Å². The van der Waals surface area contributed by atoms with Gasteiger partial charge in [0.15, 0.2) is 12.4 Å². The molecule has 3 aromatic heterocycles. The number of benzene rings is 3. The summed E-state index contributed by atoms with van der Waals surface area (Å²) in [6.45, 7) is 2.24. The molecule has 6 rings (SSSR count). The summed E-state index contributed by atoms with van der Waals surface area (Å²) in [5.74, 6) is -0.0658. The topological polar surface area (TPSA) is 56.0 Å². The standard InChI is InChI=1S/C31H26N3O2/c1-2-36-29(35)12-11-28(22-13-15-32-16-14-22)21-7-9-27(10-8-21)34-19-25-5-3-23-17-33-18-24-4-6-26(20-34)31(25)30(23)24/h3-10,13-20,28H,2,11-12H2,1H3/q+1. The summed E-state index contributed by atoms with van der Waals surface area (Å²) in [5, 5.41) is 7.27. The Hall–Kier alpha value is -4.38. The highest BCUT2D eigenvalue weighted by molar-refractivity contribution is 6.22. The molecule has 0 fully saturated rings. The van der Waals surface area contributed by atoms with E-state index in [9.17, 15) is 4.79 Å². The number of esters is 1. The van der Waals surface area contributed by atoms with Crippen LogP contribution in [0.15, 0.2) is 97.8 Å². The molecule has 0 N–H and O–H groups in total. The highest BCUT2D eigenvalue weighted by atomic mass is 16.5. The molecule has 0 saturated carbocycles. The zero-order chi connectivity index (χ0) is 24.5. The van der Waals surface area contributed by atoms with Crippen molar-refractivity contribution in [2.75, 3.05) is 6.61 Å². The van der Waals surface area contributed by atoms with Crippen molar-refractivity contribution in [2.45, 2.75) is 25.7 Å². The van der Waals surface area contributed by atoms with Crippen molar-refractivity contribution in [3.8, 4) is 5.69 Å². The second kappa shape index (κ2) is 9.34. The van der Waals surface area contributed by atoms with Gasteiger partial charge in [-0.2, -0.15) is 4.57 Å². The minimum absolute atomic E-state index is 0.0931. The predicted molar refractivity (Wildman–Crippen MR) is 141 cm³/mol. The van der Waals surface area contributed by atoms with E-state index < -0.39 is 0 Å². The van der Waals surface area contributed by atoms with Crippen LogP contribution in [0.25, 0.3) is 38.0 Å². The summed E-state index contributed by atoms with van der Waals surface area (Å²) in [5.41, 5.74) is 3.40. The van der Waals surface area contributed by atoms with E-state index in [1.807, 2.05) is 31.5 Å². The fraction of sp³-hybridized carbons (Fsp3) is 0.161. The number of hydrogen-bond acceptors (Lipinski definition) is 4. The molecule has 0 aliphatic carbocycles. The number of aromatic nitrogens is 3. The molecule has 0 bridgehead atoms. The van der Waals surface area contributed by atoms with Crippen molar-refractivity contribution in [3.05, 3.63) is 109 Å². The van der Waals surface area contributed by atoms with Crippen LogP contribution in [0.4, 0.5) is 0 Å². The molecule has 5 nitrogen and oxygen atoms in total. The summed E-state index contributed by atoms with van der Waals surface area (Å²) in [4.78, 5) is 20.6. The lowest BCUT2D eigenvalue weighted by molar-refractivity contribution is -0.592. The van der Waals surface area contributed by atoms with Gasteiger partial charge in [-0.25, -0.2) is 0 Å². The van der Waals surface area contributed by atoms with Crippen molar-refractivity contribution in [1.29, 1.82) is 0 Å². The van der Waals surface area contributed by atoms with Crippen LogP contribution >= 0.6 is 0 Å². The molecule has 0 spiro atoms. The first-order valence-electron chi connectivity index (χ1n) is 12.3. The third-order valence-electron chi connectivity index (χ3n) is 6.92. The summed E-state index contributed by atoms with van der Waals surface area (Å²) >= 11 is 0. The van der Waals surface area contributed by atoms with Crippen LogP contribution in [0.3, 0.4) is 0 Å². The average Bonchev–Trinajstić information content (AvgIpc) is 2.93. The van der Waals surface area contributed by atoms with Gasteiger partial charge in [0.1, 0.15) is 0 Å². The Morgan fingerprint density at radius 2 is 1.36 bits per heavy atom. The van der Waals surface area contributed by atoms with Gasteiger partial charge in [0.05, 0.1) is 6.61 Å². The van der Waals surface area contributed by atoms with Gasteiger partial charge >= 0.3 is 5.97 Å². The Morgan fingerprint density at radius 3 is 2.00 bits per heavy atom.